The van der Waals surface area contributed by atoms with E-state index in [9.17, 15) is 4.79 Å². The molecule has 2 heterocycles. The molecule has 0 radical (unpaired) electrons. The maximum absolute atomic E-state index is 12.5. The van der Waals surface area contributed by atoms with E-state index in [0.29, 0.717) is 13.1 Å². The predicted octanol–water partition coefficient (Wildman–Crippen LogP) is 2.69. The first-order valence-corrected chi connectivity index (χ1v) is 7.91. The lowest BCUT2D eigenvalue weighted by Crippen LogP contribution is -2.33. The molecule has 1 aliphatic carbocycles. The van der Waals surface area contributed by atoms with Crippen LogP contribution in [0.5, 0.6) is 0 Å². The van der Waals surface area contributed by atoms with Crippen LogP contribution in [0.25, 0.3) is 0 Å². The smallest absolute Gasteiger partial charge is 0.225 e. The number of carbonyl (C=O) groups excluding carboxylic acids is 1. The normalized spacial score (nSPS) is 13.6. The number of hydrogen-bond acceptors (Lipinski definition) is 3. The standard InChI is InChI=1S/C17H23N3O2/c1-12(2)17(21)20(10-13-6-5-9-22-13)11-15-14-7-4-8-16(14)19(3)18-15/h5-6,9,12H,4,7-8,10-11H2,1-3H3. The fraction of sp³-hybridized carbons (Fsp3) is 0.529. The molecule has 118 valence electrons. The lowest BCUT2D eigenvalue weighted by molar-refractivity contribution is -0.136. The van der Waals surface area contributed by atoms with Gasteiger partial charge in [0.05, 0.1) is 25.0 Å². The third-order valence-electron chi connectivity index (χ3n) is 4.27. The second-order valence-electron chi connectivity index (χ2n) is 6.28. The molecule has 0 aliphatic heterocycles. The molecule has 0 saturated heterocycles. The van der Waals surface area contributed by atoms with E-state index in [0.717, 1.165) is 24.3 Å². The van der Waals surface area contributed by atoms with E-state index in [2.05, 4.69) is 5.10 Å². The number of furan rings is 1. The average molecular weight is 301 g/mol. The Morgan fingerprint density at radius 1 is 1.41 bits per heavy atom. The minimum atomic E-state index is -0.0354. The molecule has 1 aliphatic rings. The number of carbonyl (C=O) groups is 1. The van der Waals surface area contributed by atoms with Gasteiger partial charge in [-0.05, 0) is 37.0 Å². The van der Waals surface area contributed by atoms with Crippen molar-refractivity contribution in [1.29, 1.82) is 0 Å². The van der Waals surface area contributed by atoms with Crippen LogP contribution in [-0.2, 0) is 37.8 Å². The summed E-state index contributed by atoms with van der Waals surface area (Å²) in [5, 5.41) is 4.64. The number of fused-ring (bicyclic) bond motifs is 1. The zero-order valence-corrected chi connectivity index (χ0v) is 13.5. The molecule has 2 aromatic heterocycles. The molecule has 0 unspecified atom stereocenters. The molecular formula is C17H23N3O2. The molecule has 0 fully saturated rings. The molecular weight excluding hydrogens is 278 g/mol. The molecule has 1 amide bonds. The minimum absolute atomic E-state index is 0.0354. The summed E-state index contributed by atoms with van der Waals surface area (Å²) < 4.78 is 7.38. The quantitative estimate of drug-likeness (QED) is 0.853. The van der Waals surface area contributed by atoms with Gasteiger partial charge in [0.1, 0.15) is 5.76 Å². The van der Waals surface area contributed by atoms with Crippen LogP contribution in [0.4, 0.5) is 0 Å². The molecule has 2 aromatic rings. The Morgan fingerprint density at radius 2 is 2.23 bits per heavy atom. The van der Waals surface area contributed by atoms with Gasteiger partial charge in [0.25, 0.3) is 0 Å². The summed E-state index contributed by atoms with van der Waals surface area (Å²) in [4.78, 5) is 14.4. The fourth-order valence-electron chi connectivity index (χ4n) is 3.17. The largest absolute Gasteiger partial charge is 0.467 e. The second kappa shape index (κ2) is 5.99. The number of rotatable bonds is 5. The summed E-state index contributed by atoms with van der Waals surface area (Å²) in [7, 11) is 1.99. The first-order chi connectivity index (χ1) is 10.6. The topological polar surface area (TPSA) is 51.3 Å². The van der Waals surface area contributed by atoms with E-state index >= 15 is 0 Å². The van der Waals surface area contributed by atoms with Gasteiger partial charge in [-0.1, -0.05) is 13.8 Å². The molecule has 0 N–H and O–H groups in total. The number of aryl methyl sites for hydroxylation is 1. The highest BCUT2D eigenvalue weighted by Crippen LogP contribution is 2.26. The van der Waals surface area contributed by atoms with Crippen LogP contribution in [0.1, 0.15) is 43.0 Å². The number of amides is 1. The van der Waals surface area contributed by atoms with Crippen LogP contribution >= 0.6 is 0 Å². The van der Waals surface area contributed by atoms with Gasteiger partial charge in [-0.3, -0.25) is 9.48 Å². The highest BCUT2D eigenvalue weighted by Gasteiger charge is 2.25. The lowest BCUT2D eigenvalue weighted by atomic mass is 10.1. The summed E-state index contributed by atoms with van der Waals surface area (Å²) in [6.45, 7) is 4.91. The molecule has 0 atom stereocenters. The zero-order valence-electron chi connectivity index (χ0n) is 13.5. The van der Waals surface area contributed by atoms with Crippen molar-refractivity contribution in [2.24, 2.45) is 13.0 Å². The van der Waals surface area contributed by atoms with Crippen LogP contribution in [0.15, 0.2) is 22.8 Å². The highest BCUT2D eigenvalue weighted by atomic mass is 16.3. The van der Waals surface area contributed by atoms with Gasteiger partial charge in [-0.25, -0.2) is 0 Å². The zero-order chi connectivity index (χ0) is 15.7. The van der Waals surface area contributed by atoms with E-state index in [1.54, 1.807) is 6.26 Å². The van der Waals surface area contributed by atoms with Gasteiger partial charge in [0.2, 0.25) is 5.91 Å². The van der Waals surface area contributed by atoms with Crippen molar-refractivity contribution in [3.63, 3.8) is 0 Å². The van der Waals surface area contributed by atoms with Gasteiger partial charge in [0.15, 0.2) is 0 Å². The third-order valence-corrected chi connectivity index (χ3v) is 4.27. The SMILES string of the molecule is CC(C)C(=O)N(Cc1ccco1)Cc1nn(C)c2c1CCC2. The summed E-state index contributed by atoms with van der Waals surface area (Å²) >= 11 is 0. The Kier molecular flexibility index (Phi) is 4.05. The maximum atomic E-state index is 12.5. The van der Waals surface area contributed by atoms with Gasteiger partial charge in [-0.15, -0.1) is 0 Å². The first-order valence-electron chi connectivity index (χ1n) is 7.91. The molecule has 0 spiro atoms. The Bertz CT molecular complexity index is 656. The molecule has 0 bridgehead atoms. The van der Waals surface area contributed by atoms with Crippen molar-refractivity contribution in [3.05, 3.63) is 41.1 Å². The van der Waals surface area contributed by atoms with Crippen LogP contribution in [0, 0.1) is 5.92 Å². The first kappa shape index (κ1) is 14.9. The molecule has 3 rings (SSSR count). The fourth-order valence-corrected chi connectivity index (χ4v) is 3.17. The summed E-state index contributed by atoms with van der Waals surface area (Å²) in [5.41, 5.74) is 3.70. The second-order valence-corrected chi connectivity index (χ2v) is 6.28. The molecule has 5 heteroatoms. The summed E-state index contributed by atoms with van der Waals surface area (Å²) in [6.07, 6.45) is 4.99. The van der Waals surface area contributed by atoms with Crippen LogP contribution in [-0.4, -0.2) is 20.6 Å². The van der Waals surface area contributed by atoms with Crippen molar-refractivity contribution < 1.29 is 9.21 Å². The van der Waals surface area contributed by atoms with E-state index < -0.39 is 0 Å². The van der Waals surface area contributed by atoms with Crippen molar-refractivity contribution in [1.82, 2.24) is 14.7 Å². The Hall–Kier alpha value is -2.04. The van der Waals surface area contributed by atoms with E-state index in [1.807, 2.05) is 42.6 Å². The van der Waals surface area contributed by atoms with Gasteiger partial charge >= 0.3 is 0 Å². The van der Waals surface area contributed by atoms with E-state index in [4.69, 9.17) is 4.42 Å². The number of hydrogen-bond donors (Lipinski definition) is 0. The van der Waals surface area contributed by atoms with Gasteiger partial charge in [0, 0.05) is 18.7 Å². The van der Waals surface area contributed by atoms with Gasteiger partial charge in [-0.2, -0.15) is 5.10 Å². The van der Waals surface area contributed by atoms with Crippen LogP contribution in [0.3, 0.4) is 0 Å². The monoisotopic (exact) mass is 301 g/mol. The Labute approximate surface area is 130 Å². The van der Waals surface area contributed by atoms with Gasteiger partial charge < -0.3 is 9.32 Å². The minimum Gasteiger partial charge on any atom is -0.467 e. The summed E-state index contributed by atoms with van der Waals surface area (Å²) in [6, 6.07) is 3.76. The number of nitrogens with zero attached hydrogens (tertiary/aromatic N) is 3. The van der Waals surface area contributed by atoms with Crippen molar-refractivity contribution in [2.45, 2.75) is 46.2 Å². The lowest BCUT2D eigenvalue weighted by Gasteiger charge is -2.23. The molecule has 22 heavy (non-hydrogen) atoms. The van der Waals surface area contributed by atoms with Crippen molar-refractivity contribution in [2.75, 3.05) is 0 Å². The average Bonchev–Trinajstić information content (AvgIpc) is 3.19. The van der Waals surface area contributed by atoms with Crippen molar-refractivity contribution in [3.8, 4) is 0 Å². The Balaban J connectivity index is 1.83. The highest BCUT2D eigenvalue weighted by molar-refractivity contribution is 5.78. The van der Waals surface area contributed by atoms with Crippen LogP contribution in [0.2, 0.25) is 0 Å². The number of aromatic nitrogens is 2. The predicted molar refractivity (Wildman–Crippen MR) is 83.0 cm³/mol. The molecule has 0 saturated carbocycles. The van der Waals surface area contributed by atoms with E-state index in [-0.39, 0.29) is 11.8 Å². The third kappa shape index (κ3) is 2.80. The van der Waals surface area contributed by atoms with Crippen molar-refractivity contribution >= 4 is 5.91 Å². The van der Waals surface area contributed by atoms with E-state index in [1.165, 1.54) is 17.7 Å². The Morgan fingerprint density at radius 3 is 2.91 bits per heavy atom. The molecule has 0 aromatic carbocycles. The molecule has 5 nitrogen and oxygen atoms in total. The van der Waals surface area contributed by atoms with Crippen LogP contribution < -0.4 is 0 Å². The summed E-state index contributed by atoms with van der Waals surface area (Å²) in [5.74, 6) is 0.905. The maximum Gasteiger partial charge on any atom is 0.225 e.